The van der Waals surface area contributed by atoms with Gasteiger partial charge in [0.1, 0.15) is 11.6 Å². The first-order valence-corrected chi connectivity index (χ1v) is 11.4. The zero-order chi connectivity index (χ0) is 22.9. The second kappa shape index (κ2) is 8.44. The molecule has 1 aromatic heterocycles. The van der Waals surface area contributed by atoms with Crippen LogP contribution in [0.1, 0.15) is 10.4 Å². The van der Waals surface area contributed by atoms with Crippen molar-refractivity contribution in [2.24, 2.45) is 0 Å². The third-order valence-electron chi connectivity index (χ3n) is 4.48. The fourth-order valence-electron chi connectivity index (χ4n) is 2.98. The summed E-state index contributed by atoms with van der Waals surface area (Å²) >= 11 is 1.14. The molecule has 3 N–H and O–H groups in total. The summed E-state index contributed by atoms with van der Waals surface area (Å²) in [5.41, 5.74) is 2.30. The molecule has 0 saturated carbocycles. The molecule has 0 spiro atoms. The van der Waals surface area contributed by atoms with Crippen LogP contribution in [0.3, 0.4) is 0 Å². The lowest BCUT2D eigenvalue weighted by Crippen LogP contribution is -2.22. The van der Waals surface area contributed by atoms with Crippen LogP contribution in [0.25, 0.3) is 21.3 Å². The van der Waals surface area contributed by atoms with E-state index < -0.39 is 16.2 Å². The number of methoxy groups -OCH3 is 1. The van der Waals surface area contributed by atoms with E-state index in [2.05, 4.69) is 14.4 Å². The number of hydrogen-bond acceptors (Lipinski definition) is 6. The zero-order valence-corrected chi connectivity index (χ0v) is 18.1. The number of nitrogens with zero attached hydrogens (tertiary/aromatic N) is 1. The maximum Gasteiger partial charge on any atom is 0.335 e. The third-order valence-corrected chi connectivity index (χ3v) is 6.49. The van der Waals surface area contributed by atoms with Gasteiger partial charge in [-0.25, -0.2) is 18.9 Å². The van der Waals surface area contributed by atoms with Gasteiger partial charge in [-0.1, -0.05) is 29.5 Å². The minimum absolute atomic E-state index is 0.0408. The number of ether oxygens (including phenoxy) is 1. The van der Waals surface area contributed by atoms with Gasteiger partial charge in [0.05, 0.1) is 28.6 Å². The SMILES string of the molecule is COc1cc(C(=O)O)ccc1NS(=O)(=O)Nc1nc2ccc(-c3ccc(F)cc3)cc2s1. The van der Waals surface area contributed by atoms with Crippen LogP contribution >= 0.6 is 11.3 Å². The molecule has 32 heavy (non-hydrogen) atoms. The van der Waals surface area contributed by atoms with Crippen molar-refractivity contribution in [2.45, 2.75) is 0 Å². The van der Waals surface area contributed by atoms with Gasteiger partial charge in [0.15, 0.2) is 5.13 Å². The Hall–Kier alpha value is -3.70. The van der Waals surface area contributed by atoms with Crippen LogP contribution in [0, 0.1) is 5.82 Å². The van der Waals surface area contributed by atoms with Gasteiger partial charge in [-0.2, -0.15) is 8.42 Å². The normalized spacial score (nSPS) is 11.3. The molecule has 11 heteroatoms. The zero-order valence-electron chi connectivity index (χ0n) is 16.5. The Balaban J connectivity index is 1.57. The Bertz CT molecular complexity index is 1420. The predicted molar refractivity (Wildman–Crippen MR) is 121 cm³/mol. The van der Waals surface area contributed by atoms with Crippen LogP contribution in [-0.4, -0.2) is 31.6 Å². The van der Waals surface area contributed by atoms with E-state index in [1.165, 1.54) is 37.4 Å². The van der Waals surface area contributed by atoms with E-state index in [1.807, 2.05) is 12.1 Å². The maximum atomic E-state index is 13.2. The van der Waals surface area contributed by atoms with Crippen LogP contribution in [0.5, 0.6) is 5.75 Å². The Morgan fingerprint density at radius 2 is 1.75 bits per heavy atom. The molecule has 0 aliphatic rings. The van der Waals surface area contributed by atoms with Gasteiger partial charge < -0.3 is 9.84 Å². The summed E-state index contributed by atoms with van der Waals surface area (Å²) in [6.45, 7) is 0. The lowest BCUT2D eigenvalue weighted by Gasteiger charge is -2.12. The van der Waals surface area contributed by atoms with Gasteiger partial charge in [-0.05, 0) is 53.6 Å². The first-order valence-electron chi connectivity index (χ1n) is 9.12. The number of fused-ring (bicyclic) bond motifs is 1. The lowest BCUT2D eigenvalue weighted by molar-refractivity contribution is 0.0696. The highest BCUT2D eigenvalue weighted by Gasteiger charge is 2.17. The number of thiazole rings is 1. The summed E-state index contributed by atoms with van der Waals surface area (Å²) in [5.74, 6) is -1.43. The molecule has 0 aliphatic carbocycles. The number of benzene rings is 3. The predicted octanol–water partition coefficient (Wildman–Crippen LogP) is 4.58. The van der Waals surface area contributed by atoms with Gasteiger partial charge in [0.2, 0.25) is 0 Å². The minimum atomic E-state index is -4.09. The second-order valence-corrected chi connectivity index (χ2v) is 9.08. The van der Waals surface area contributed by atoms with E-state index >= 15 is 0 Å². The molecule has 0 fully saturated rings. The maximum absolute atomic E-state index is 13.2. The highest BCUT2D eigenvalue weighted by atomic mass is 32.2. The smallest absolute Gasteiger partial charge is 0.335 e. The van der Waals surface area contributed by atoms with Crippen molar-refractivity contribution in [1.82, 2.24) is 4.98 Å². The van der Waals surface area contributed by atoms with Crippen LogP contribution < -0.4 is 14.2 Å². The Morgan fingerprint density at radius 3 is 2.44 bits per heavy atom. The molecule has 164 valence electrons. The van der Waals surface area contributed by atoms with E-state index in [-0.39, 0.29) is 27.9 Å². The minimum Gasteiger partial charge on any atom is -0.495 e. The number of carboxylic acids is 1. The Kier molecular flexibility index (Phi) is 5.68. The van der Waals surface area contributed by atoms with Crippen molar-refractivity contribution in [3.8, 4) is 16.9 Å². The van der Waals surface area contributed by atoms with Gasteiger partial charge in [-0.3, -0.25) is 4.72 Å². The average molecular weight is 474 g/mol. The van der Waals surface area contributed by atoms with Crippen LogP contribution in [0.15, 0.2) is 60.7 Å². The summed E-state index contributed by atoms with van der Waals surface area (Å²) in [7, 11) is -2.79. The van der Waals surface area contributed by atoms with Gasteiger partial charge in [-0.15, -0.1) is 0 Å². The molecule has 0 atom stereocenters. The molecule has 0 bridgehead atoms. The number of halogens is 1. The molecule has 8 nitrogen and oxygen atoms in total. The molecular formula is C21H16FN3O5S2. The van der Waals surface area contributed by atoms with E-state index in [9.17, 15) is 17.6 Å². The summed E-state index contributed by atoms with van der Waals surface area (Å²) < 4.78 is 48.8. The number of aromatic carboxylic acids is 1. The van der Waals surface area contributed by atoms with Gasteiger partial charge >= 0.3 is 16.2 Å². The van der Waals surface area contributed by atoms with Crippen LogP contribution in [-0.2, 0) is 10.2 Å². The average Bonchev–Trinajstić information content (AvgIpc) is 3.14. The number of carboxylic acid groups (broad SMARTS) is 1. The molecule has 4 rings (SSSR count). The number of rotatable bonds is 7. The standard InChI is InChI=1S/C21H16FN3O5S2/c1-30-18-10-14(20(26)27)5-8-16(18)24-32(28,29)25-21-23-17-9-4-13(11-19(17)31-21)12-2-6-15(22)7-3-12/h2-11,24H,1H3,(H,23,25)(H,26,27). The molecule has 0 aliphatic heterocycles. The Morgan fingerprint density at radius 1 is 1.03 bits per heavy atom. The highest BCUT2D eigenvalue weighted by molar-refractivity contribution is 7.94. The fourth-order valence-corrected chi connectivity index (χ4v) is 5.02. The van der Waals surface area contributed by atoms with E-state index in [0.29, 0.717) is 5.52 Å². The van der Waals surface area contributed by atoms with Crippen molar-refractivity contribution in [3.05, 3.63) is 72.0 Å². The first kappa shape index (κ1) is 21.5. The summed E-state index contributed by atoms with van der Waals surface area (Å²) in [6, 6.07) is 15.3. The van der Waals surface area contributed by atoms with E-state index in [4.69, 9.17) is 9.84 Å². The lowest BCUT2D eigenvalue weighted by atomic mass is 10.1. The van der Waals surface area contributed by atoms with E-state index in [1.54, 1.807) is 18.2 Å². The number of nitrogens with one attached hydrogen (secondary N) is 2. The third kappa shape index (κ3) is 4.63. The number of aromatic nitrogens is 1. The fraction of sp³-hybridized carbons (Fsp3) is 0.0476. The summed E-state index contributed by atoms with van der Waals surface area (Å²) in [4.78, 5) is 15.4. The first-order chi connectivity index (χ1) is 15.2. The van der Waals surface area contributed by atoms with Gasteiger partial charge in [0, 0.05) is 0 Å². The van der Waals surface area contributed by atoms with Crippen molar-refractivity contribution in [2.75, 3.05) is 16.6 Å². The molecule has 4 aromatic rings. The monoisotopic (exact) mass is 473 g/mol. The molecule has 3 aromatic carbocycles. The number of anilines is 2. The molecule has 0 radical (unpaired) electrons. The summed E-state index contributed by atoms with van der Waals surface area (Å²) in [5, 5.41) is 9.21. The van der Waals surface area contributed by atoms with Crippen molar-refractivity contribution >= 4 is 48.6 Å². The largest absolute Gasteiger partial charge is 0.495 e. The molecule has 0 amide bonds. The number of hydrogen-bond donors (Lipinski definition) is 3. The molecule has 0 saturated heterocycles. The quantitative estimate of drug-likeness (QED) is 0.362. The van der Waals surface area contributed by atoms with Crippen molar-refractivity contribution in [3.63, 3.8) is 0 Å². The van der Waals surface area contributed by atoms with Crippen molar-refractivity contribution < 1.29 is 27.4 Å². The second-order valence-electron chi connectivity index (χ2n) is 6.64. The molecule has 0 unspecified atom stereocenters. The van der Waals surface area contributed by atoms with Crippen molar-refractivity contribution in [1.29, 1.82) is 0 Å². The topological polar surface area (TPSA) is 118 Å². The Labute approximate surface area is 186 Å². The molecular weight excluding hydrogens is 457 g/mol. The summed E-state index contributed by atoms with van der Waals surface area (Å²) in [6.07, 6.45) is 0. The van der Waals surface area contributed by atoms with Crippen LogP contribution in [0.4, 0.5) is 15.2 Å². The highest BCUT2D eigenvalue weighted by Crippen LogP contribution is 2.32. The molecule has 1 heterocycles. The van der Waals surface area contributed by atoms with Crippen LogP contribution in [0.2, 0.25) is 0 Å². The van der Waals surface area contributed by atoms with Gasteiger partial charge in [0.25, 0.3) is 0 Å². The van der Waals surface area contributed by atoms with E-state index in [0.717, 1.165) is 27.2 Å². The number of carbonyl (C=O) groups is 1.